The standard InChI is InChI=1S/C4H10N2O2/c1-7-3-5-6-4-8-2/h3,6H,4H2,1-2H3. The van der Waals surface area contributed by atoms with Gasteiger partial charge >= 0.3 is 0 Å². The summed E-state index contributed by atoms with van der Waals surface area (Å²) >= 11 is 0. The number of ether oxygens (including phenoxy) is 2. The van der Waals surface area contributed by atoms with Crippen molar-refractivity contribution in [3.05, 3.63) is 0 Å². The Morgan fingerprint density at radius 1 is 1.62 bits per heavy atom. The van der Waals surface area contributed by atoms with Gasteiger partial charge in [0.1, 0.15) is 6.73 Å². The van der Waals surface area contributed by atoms with Crippen LogP contribution < -0.4 is 5.43 Å². The predicted molar refractivity (Wildman–Crippen MR) is 30.5 cm³/mol. The van der Waals surface area contributed by atoms with Gasteiger partial charge in [-0.15, -0.1) is 5.10 Å². The molecule has 48 valence electrons. The average Bonchev–Trinajstić information content (AvgIpc) is 1.81. The van der Waals surface area contributed by atoms with Crippen LogP contribution in [0.5, 0.6) is 0 Å². The van der Waals surface area contributed by atoms with Crippen LogP contribution in [-0.2, 0) is 9.47 Å². The van der Waals surface area contributed by atoms with Gasteiger partial charge < -0.3 is 9.47 Å². The molecule has 0 aliphatic heterocycles. The van der Waals surface area contributed by atoms with Crippen LogP contribution >= 0.6 is 0 Å². The van der Waals surface area contributed by atoms with Crippen LogP contribution in [0, 0.1) is 0 Å². The Morgan fingerprint density at radius 3 is 2.88 bits per heavy atom. The van der Waals surface area contributed by atoms with Crippen LogP contribution in [-0.4, -0.2) is 27.4 Å². The molecule has 0 unspecified atom stereocenters. The van der Waals surface area contributed by atoms with E-state index in [-0.39, 0.29) is 0 Å². The molecule has 0 aromatic rings. The zero-order chi connectivity index (χ0) is 6.24. The quantitative estimate of drug-likeness (QED) is 0.182. The lowest BCUT2D eigenvalue weighted by Crippen LogP contribution is -2.08. The third-order valence-electron chi connectivity index (χ3n) is 0.458. The van der Waals surface area contributed by atoms with Crippen molar-refractivity contribution in [2.24, 2.45) is 5.10 Å². The Bertz CT molecular complexity index is 65.1. The van der Waals surface area contributed by atoms with E-state index in [0.717, 1.165) is 0 Å². The van der Waals surface area contributed by atoms with Crippen molar-refractivity contribution >= 4 is 6.40 Å². The highest BCUT2D eigenvalue weighted by atomic mass is 16.5. The second-order valence-corrected chi connectivity index (χ2v) is 1.06. The minimum absolute atomic E-state index is 0.403. The van der Waals surface area contributed by atoms with E-state index in [2.05, 4.69) is 20.0 Å². The fourth-order valence-corrected chi connectivity index (χ4v) is 0.192. The summed E-state index contributed by atoms with van der Waals surface area (Å²) in [6.45, 7) is 0.403. The van der Waals surface area contributed by atoms with Gasteiger partial charge in [0, 0.05) is 7.11 Å². The van der Waals surface area contributed by atoms with Crippen molar-refractivity contribution in [2.45, 2.75) is 0 Å². The number of hydrazone groups is 1. The summed E-state index contributed by atoms with van der Waals surface area (Å²) in [5, 5.41) is 3.56. The van der Waals surface area contributed by atoms with Gasteiger partial charge in [0.25, 0.3) is 0 Å². The van der Waals surface area contributed by atoms with Gasteiger partial charge in [0.2, 0.25) is 0 Å². The summed E-state index contributed by atoms with van der Waals surface area (Å²) in [4.78, 5) is 0. The molecule has 0 rings (SSSR count). The predicted octanol–water partition coefficient (Wildman–Crippen LogP) is -0.230. The van der Waals surface area contributed by atoms with Crippen molar-refractivity contribution in [1.29, 1.82) is 0 Å². The van der Waals surface area contributed by atoms with Gasteiger partial charge in [-0.1, -0.05) is 0 Å². The lowest BCUT2D eigenvalue weighted by Gasteiger charge is -1.93. The van der Waals surface area contributed by atoms with E-state index in [1.165, 1.54) is 13.5 Å². The SMILES string of the molecule is COC=NNCOC. The minimum atomic E-state index is 0.403. The molecule has 0 aromatic carbocycles. The van der Waals surface area contributed by atoms with Gasteiger partial charge in [-0.05, 0) is 0 Å². The Morgan fingerprint density at radius 2 is 2.38 bits per heavy atom. The minimum Gasteiger partial charge on any atom is -0.485 e. The van der Waals surface area contributed by atoms with Gasteiger partial charge in [0.15, 0.2) is 6.40 Å². The maximum Gasteiger partial charge on any atom is 0.192 e. The first-order valence-electron chi connectivity index (χ1n) is 2.18. The summed E-state index contributed by atoms with van der Waals surface area (Å²) < 4.78 is 9.09. The van der Waals surface area contributed by atoms with E-state index in [0.29, 0.717) is 6.73 Å². The van der Waals surface area contributed by atoms with Crippen LogP contribution in [0.4, 0.5) is 0 Å². The lowest BCUT2D eigenvalue weighted by molar-refractivity contribution is 0.176. The summed E-state index contributed by atoms with van der Waals surface area (Å²) in [5.41, 5.74) is 2.56. The molecule has 0 saturated carbocycles. The molecule has 8 heavy (non-hydrogen) atoms. The molecule has 0 atom stereocenters. The van der Waals surface area contributed by atoms with E-state index in [1.54, 1.807) is 7.11 Å². The zero-order valence-electron chi connectivity index (χ0n) is 5.05. The van der Waals surface area contributed by atoms with Crippen molar-refractivity contribution in [2.75, 3.05) is 21.0 Å². The lowest BCUT2D eigenvalue weighted by atomic mass is 11.3. The second-order valence-electron chi connectivity index (χ2n) is 1.06. The number of methoxy groups -OCH3 is 2. The molecule has 0 aliphatic carbocycles. The molecule has 4 nitrogen and oxygen atoms in total. The molecule has 0 bridgehead atoms. The molecule has 0 radical (unpaired) electrons. The summed E-state index contributed by atoms with van der Waals surface area (Å²) in [6.07, 6.45) is 1.29. The molecule has 0 aromatic heterocycles. The molecule has 0 amide bonds. The van der Waals surface area contributed by atoms with Crippen molar-refractivity contribution < 1.29 is 9.47 Å². The maximum atomic E-state index is 4.61. The number of nitrogens with zero attached hydrogens (tertiary/aromatic N) is 1. The van der Waals surface area contributed by atoms with Crippen LogP contribution in [0.15, 0.2) is 5.10 Å². The first-order chi connectivity index (χ1) is 3.91. The molecule has 0 fully saturated rings. The van der Waals surface area contributed by atoms with E-state index < -0.39 is 0 Å². The fourth-order valence-electron chi connectivity index (χ4n) is 0.192. The fraction of sp³-hybridized carbons (Fsp3) is 0.750. The highest BCUT2D eigenvalue weighted by Crippen LogP contribution is 1.59. The van der Waals surface area contributed by atoms with Crippen molar-refractivity contribution in [1.82, 2.24) is 5.43 Å². The number of hydrogen-bond donors (Lipinski definition) is 1. The van der Waals surface area contributed by atoms with Crippen LogP contribution in [0.1, 0.15) is 0 Å². The van der Waals surface area contributed by atoms with Gasteiger partial charge in [-0.2, -0.15) is 0 Å². The third-order valence-corrected chi connectivity index (χ3v) is 0.458. The largest absolute Gasteiger partial charge is 0.485 e. The maximum absolute atomic E-state index is 4.61. The summed E-state index contributed by atoms with van der Waals surface area (Å²) in [7, 11) is 3.10. The van der Waals surface area contributed by atoms with Crippen LogP contribution in [0.2, 0.25) is 0 Å². The Hall–Kier alpha value is -0.770. The summed E-state index contributed by atoms with van der Waals surface area (Å²) in [6, 6.07) is 0. The first kappa shape index (κ1) is 7.23. The second kappa shape index (κ2) is 6.23. The van der Waals surface area contributed by atoms with Crippen molar-refractivity contribution in [3.63, 3.8) is 0 Å². The number of rotatable bonds is 4. The molecule has 0 aliphatic rings. The van der Waals surface area contributed by atoms with E-state index in [4.69, 9.17) is 0 Å². The zero-order valence-corrected chi connectivity index (χ0v) is 5.05. The highest BCUT2D eigenvalue weighted by Gasteiger charge is 1.69. The topological polar surface area (TPSA) is 42.8 Å². The molecule has 0 spiro atoms. The van der Waals surface area contributed by atoms with Crippen LogP contribution in [0.3, 0.4) is 0 Å². The molecule has 1 N–H and O–H groups in total. The monoisotopic (exact) mass is 118 g/mol. The highest BCUT2D eigenvalue weighted by molar-refractivity contribution is 5.45. The van der Waals surface area contributed by atoms with E-state index >= 15 is 0 Å². The Kier molecular flexibility index (Phi) is 5.63. The normalized spacial score (nSPS) is 9.75. The molecular weight excluding hydrogens is 108 g/mol. The number of hydrogen-bond acceptors (Lipinski definition) is 4. The smallest absolute Gasteiger partial charge is 0.192 e. The van der Waals surface area contributed by atoms with Crippen LogP contribution in [0.25, 0.3) is 0 Å². The molecule has 4 heteroatoms. The summed E-state index contributed by atoms with van der Waals surface area (Å²) in [5.74, 6) is 0. The van der Waals surface area contributed by atoms with Gasteiger partial charge in [-0.3, -0.25) is 5.43 Å². The molecule has 0 saturated heterocycles. The average molecular weight is 118 g/mol. The first-order valence-corrected chi connectivity index (χ1v) is 2.18. The Balaban J connectivity index is 2.80. The van der Waals surface area contributed by atoms with Gasteiger partial charge in [0.05, 0.1) is 7.11 Å². The van der Waals surface area contributed by atoms with Gasteiger partial charge in [-0.25, -0.2) is 0 Å². The molecule has 0 heterocycles. The van der Waals surface area contributed by atoms with E-state index in [9.17, 15) is 0 Å². The van der Waals surface area contributed by atoms with Crippen molar-refractivity contribution in [3.8, 4) is 0 Å². The Labute approximate surface area is 48.5 Å². The number of nitrogens with one attached hydrogen (secondary N) is 1. The van der Waals surface area contributed by atoms with E-state index in [1.807, 2.05) is 0 Å². The third kappa shape index (κ3) is 5.23. The molecular formula is C4H10N2O2.